The first-order chi connectivity index (χ1) is 5.60. The SMILES string of the molecule is C#CCC1(C)CCCN(C)C1=O. The Kier molecular flexibility index (Phi) is 2.42. The van der Waals surface area contributed by atoms with E-state index in [0.29, 0.717) is 6.42 Å². The smallest absolute Gasteiger partial charge is 0.229 e. The van der Waals surface area contributed by atoms with Gasteiger partial charge in [-0.3, -0.25) is 4.79 Å². The second kappa shape index (κ2) is 3.18. The van der Waals surface area contributed by atoms with Crippen LogP contribution in [0.2, 0.25) is 0 Å². The van der Waals surface area contributed by atoms with Crippen LogP contribution in [0.1, 0.15) is 26.2 Å². The summed E-state index contributed by atoms with van der Waals surface area (Å²) in [4.78, 5) is 13.4. The van der Waals surface area contributed by atoms with Gasteiger partial charge in [-0.1, -0.05) is 0 Å². The van der Waals surface area contributed by atoms with Crippen molar-refractivity contribution in [1.82, 2.24) is 4.90 Å². The van der Waals surface area contributed by atoms with Crippen molar-refractivity contribution < 1.29 is 4.79 Å². The maximum absolute atomic E-state index is 11.7. The fourth-order valence-electron chi connectivity index (χ4n) is 1.76. The highest BCUT2D eigenvalue weighted by Crippen LogP contribution is 2.32. The van der Waals surface area contributed by atoms with Crippen molar-refractivity contribution >= 4 is 5.91 Å². The molecular weight excluding hydrogens is 150 g/mol. The number of terminal acetylenes is 1. The van der Waals surface area contributed by atoms with Crippen molar-refractivity contribution in [2.45, 2.75) is 26.2 Å². The third-order valence-electron chi connectivity index (χ3n) is 2.58. The number of rotatable bonds is 1. The van der Waals surface area contributed by atoms with E-state index in [1.807, 2.05) is 14.0 Å². The van der Waals surface area contributed by atoms with Gasteiger partial charge in [0.2, 0.25) is 5.91 Å². The van der Waals surface area contributed by atoms with E-state index < -0.39 is 0 Å². The second-order valence-electron chi connectivity index (χ2n) is 3.77. The van der Waals surface area contributed by atoms with Crippen molar-refractivity contribution in [1.29, 1.82) is 0 Å². The van der Waals surface area contributed by atoms with E-state index in [0.717, 1.165) is 19.4 Å². The van der Waals surface area contributed by atoms with Gasteiger partial charge in [-0.05, 0) is 19.8 Å². The molecule has 1 heterocycles. The molecule has 1 atom stereocenters. The van der Waals surface area contributed by atoms with Crippen molar-refractivity contribution in [3.05, 3.63) is 0 Å². The largest absolute Gasteiger partial charge is 0.345 e. The number of likely N-dealkylation sites (tertiary alicyclic amines) is 1. The maximum Gasteiger partial charge on any atom is 0.229 e. The van der Waals surface area contributed by atoms with Crippen LogP contribution in [-0.4, -0.2) is 24.4 Å². The van der Waals surface area contributed by atoms with Crippen molar-refractivity contribution in [3.8, 4) is 12.3 Å². The lowest BCUT2D eigenvalue weighted by Gasteiger charge is -2.36. The zero-order chi connectivity index (χ0) is 9.19. The average Bonchev–Trinajstić information content (AvgIpc) is 2.01. The van der Waals surface area contributed by atoms with Gasteiger partial charge in [0.25, 0.3) is 0 Å². The molecule has 1 unspecified atom stereocenters. The Balaban J connectivity index is 2.76. The van der Waals surface area contributed by atoms with Crippen LogP contribution < -0.4 is 0 Å². The van der Waals surface area contributed by atoms with Gasteiger partial charge in [0, 0.05) is 20.0 Å². The first kappa shape index (κ1) is 9.12. The molecule has 0 aliphatic carbocycles. The molecule has 0 radical (unpaired) electrons. The summed E-state index contributed by atoms with van der Waals surface area (Å²) in [5.74, 6) is 2.78. The molecule has 1 fully saturated rings. The van der Waals surface area contributed by atoms with Crippen LogP contribution in [0.4, 0.5) is 0 Å². The van der Waals surface area contributed by atoms with Crippen LogP contribution in [0, 0.1) is 17.8 Å². The number of hydrogen-bond donors (Lipinski definition) is 0. The molecule has 0 aromatic heterocycles. The molecule has 2 nitrogen and oxygen atoms in total. The third kappa shape index (κ3) is 1.45. The molecule has 0 aromatic carbocycles. The standard InChI is InChI=1S/C10H15NO/c1-4-6-10(2)7-5-8-11(3)9(10)12/h1H,5-8H2,2-3H3. The minimum absolute atomic E-state index is 0.201. The van der Waals surface area contributed by atoms with Gasteiger partial charge in [0.05, 0.1) is 5.41 Å². The zero-order valence-electron chi connectivity index (χ0n) is 7.76. The highest BCUT2D eigenvalue weighted by atomic mass is 16.2. The van der Waals surface area contributed by atoms with Gasteiger partial charge < -0.3 is 4.90 Å². The van der Waals surface area contributed by atoms with E-state index in [2.05, 4.69) is 5.92 Å². The number of piperidine rings is 1. The predicted octanol–water partition coefficient (Wildman–Crippen LogP) is 1.27. The van der Waals surface area contributed by atoms with Crippen molar-refractivity contribution in [2.75, 3.05) is 13.6 Å². The summed E-state index contributed by atoms with van der Waals surface area (Å²) >= 11 is 0. The fourth-order valence-corrected chi connectivity index (χ4v) is 1.76. The molecule has 66 valence electrons. The average molecular weight is 165 g/mol. The number of nitrogens with zero attached hydrogens (tertiary/aromatic N) is 1. The molecule has 1 amide bonds. The Hall–Kier alpha value is -0.970. The lowest BCUT2D eigenvalue weighted by atomic mass is 9.78. The Bertz CT molecular complexity index is 228. The van der Waals surface area contributed by atoms with Crippen LogP contribution in [0.5, 0.6) is 0 Å². The summed E-state index contributed by atoms with van der Waals surface area (Å²) < 4.78 is 0. The fraction of sp³-hybridized carbons (Fsp3) is 0.700. The summed E-state index contributed by atoms with van der Waals surface area (Å²) in [6.45, 7) is 2.84. The van der Waals surface area contributed by atoms with Crippen molar-refractivity contribution in [2.24, 2.45) is 5.41 Å². The van der Waals surface area contributed by atoms with Gasteiger partial charge in [-0.15, -0.1) is 12.3 Å². The molecule has 0 spiro atoms. The van der Waals surface area contributed by atoms with Crippen LogP contribution in [-0.2, 0) is 4.79 Å². The molecule has 1 saturated heterocycles. The second-order valence-corrected chi connectivity index (χ2v) is 3.77. The van der Waals surface area contributed by atoms with Crippen LogP contribution in [0.15, 0.2) is 0 Å². The van der Waals surface area contributed by atoms with Crippen LogP contribution >= 0.6 is 0 Å². The van der Waals surface area contributed by atoms with Crippen LogP contribution in [0.25, 0.3) is 0 Å². The molecule has 1 rings (SSSR count). The van der Waals surface area contributed by atoms with Gasteiger partial charge >= 0.3 is 0 Å². The van der Waals surface area contributed by atoms with Gasteiger partial charge in [-0.2, -0.15) is 0 Å². The molecule has 0 N–H and O–H groups in total. The number of carbonyl (C=O) groups excluding carboxylic acids is 1. The van der Waals surface area contributed by atoms with E-state index in [9.17, 15) is 4.79 Å². The van der Waals surface area contributed by atoms with Crippen molar-refractivity contribution in [3.63, 3.8) is 0 Å². The lowest BCUT2D eigenvalue weighted by molar-refractivity contribution is -0.143. The monoisotopic (exact) mass is 165 g/mol. The molecular formula is C10H15NO. The minimum atomic E-state index is -0.290. The summed E-state index contributed by atoms with van der Waals surface area (Å²) in [7, 11) is 1.84. The molecule has 1 aliphatic heterocycles. The highest BCUT2D eigenvalue weighted by Gasteiger charge is 2.37. The molecule has 0 bridgehead atoms. The number of amides is 1. The minimum Gasteiger partial charge on any atom is -0.345 e. The molecule has 12 heavy (non-hydrogen) atoms. The Morgan fingerprint density at radius 2 is 2.42 bits per heavy atom. The van der Waals surface area contributed by atoms with E-state index in [-0.39, 0.29) is 11.3 Å². The Labute approximate surface area is 73.9 Å². The Morgan fingerprint density at radius 1 is 1.75 bits per heavy atom. The van der Waals surface area contributed by atoms with E-state index >= 15 is 0 Å². The zero-order valence-corrected chi connectivity index (χ0v) is 7.76. The van der Waals surface area contributed by atoms with E-state index in [1.54, 1.807) is 4.90 Å². The van der Waals surface area contributed by atoms with Gasteiger partial charge in [0.15, 0.2) is 0 Å². The predicted molar refractivity (Wildman–Crippen MR) is 48.4 cm³/mol. The molecule has 0 saturated carbocycles. The summed E-state index contributed by atoms with van der Waals surface area (Å²) in [6, 6.07) is 0. The van der Waals surface area contributed by atoms with E-state index in [4.69, 9.17) is 6.42 Å². The summed E-state index contributed by atoms with van der Waals surface area (Å²) in [5, 5.41) is 0. The number of hydrogen-bond acceptors (Lipinski definition) is 1. The van der Waals surface area contributed by atoms with E-state index in [1.165, 1.54) is 0 Å². The Morgan fingerprint density at radius 3 is 3.00 bits per heavy atom. The number of carbonyl (C=O) groups is 1. The highest BCUT2D eigenvalue weighted by molar-refractivity contribution is 5.83. The van der Waals surface area contributed by atoms with Crippen LogP contribution in [0.3, 0.4) is 0 Å². The third-order valence-corrected chi connectivity index (χ3v) is 2.58. The summed E-state index contributed by atoms with van der Waals surface area (Å²) in [6.07, 6.45) is 7.80. The summed E-state index contributed by atoms with van der Waals surface area (Å²) in [5.41, 5.74) is -0.290. The molecule has 1 aliphatic rings. The first-order valence-electron chi connectivity index (χ1n) is 4.29. The molecule has 0 aromatic rings. The quantitative estimate of drug-likeness (QED) is 0.536. The molecule has 2 heteroatoms. The lowest BCUT2D eigenvalue weighted by Crippen LogP contribution is -2.44. The normalized spacial score (nSPS) is 30.1. The van der Waals surface area contributed by atoms with Gasteiger partial charge in [0.1, 0.15) is 0 Å². The topological polar surface area (TPSA) is 20.3 Å². The maximum atomic E-state index is 11.7. The van der Waals surface area contributed by atoms with Gasteiger partial charge in [-0.25, -0.2) is 0 Å². The first-order valence-corrected chi connectivity index (χ1v) is 4.29.